The Labute approximate surface area is 164 Å². The first kappa shape index (κ1) is 18.5. The van der Waals surface area contributed by atoms with Gasteiger partial charge in [0.1, 0.15) is 0 Å². The van der Waals surface area contributed by atoms with Crippen molar-refractivity contribution in [3.05, 3.63) is 56.4 Å². The Morgan fingerprint density at radius 3 is 2.54 bits per heavy atom. The van der Waals surface area contributed by atoms with Crippen molar-refractivity contribution in [1.29, 1.82) is 0 Å². The lowest BCUT2D eigenvalue weighted by Crippen LogP contribution is -2.19. The number of halogens is 1. The first-order chi connectivity index (χ1) is 12.4. The van der Waals surface area contributed by atoms with Gasteiger partial charge < -0.3 is 15.2 Å². The van der Waals surface area contributed by atoms with Crippen molar-refractivity contribution in [2.75, 3.05) is 7.11 Å². The molecule has 5 nitrogen and oxygen atoms in total. The Morgan fingerprint density at radius 1 is 1.19 bits per heavy atom. The van der Waals surface area contributed by atoms with E-state index in [1.165, 1.54) is 18.9 Å². The van der Waals surface area contributed by atoms with Crippen LogP contribution in [0.2, 0.25) is 0 Å². The number of aryl methyl sites for hydroxylation is 2. The number of nitrogens with one attached hydrogen (secondary N) is 1. The van der Waals surface area contributed by atoms with Gasteiger partial charge in [0.25, 0.3) is 5.91 Å². The highest BCUT2D eigenvalue weighted by atomic mass is 79.9. The number of amidine groups is 1. The number of thioether (sulfide) groups is 1. The highest BCUT2D eigenvalue weighted by Crippen LogP contribution is 2.37. The van der Waals surface area contributed by atoms with Crippen molar-refractivity contribution in [2.24, 2.45) is 4.99 Å². The van der Waals surface area contributed by atoms with E-state index in [4.69, 9.17) is 4.74 Å². The standard InChI is InChI=1S/C19H17BrN2O3S/c1-10-4-11(2)6-13(5-10)21-19-22-18(24)16(26-19)9-12-7-14(20)17(23)15(8-12)25-3/h4-9,23H,1-3H3,(H,21,22,24). The van der Waals surface area contributed by atoms with Gasteiger partial charge in [0, 0.05) is 0 Å². The maximum absolute atomic E-state index is 12.2. The summed E-state index contributed by atoms with van der Waals surface area (Å²) in [6.07, 6.45) is 1.73. The molecule has 3 rings (SSSR count). The molecule has 0 atom stereocenters. The molecule has 26 heavy (non-hydrogen) atoms. The van der Waals surface area contributed by atoms with Crippen molar-refractivity contribution < 1.29 is 14.6 Å². The molecule has 0 aliphatic carbocycles. The first-order valence-electron chi connectivity index (χ1n) is 7.80. The van der Waals surface area contributed by atoms with Gasteiger partial charge >= 0.3 is 0 Å². The molecule has 134 valence electrons. The number of amides is 1. The van der Waals surface area contributed by atoms with Crippen LogP contribution < -0.4 is 10.1 Å². The zero-order valence-electron chi connectivity index (χ0n) is 14.5. The van der Waals surface area contributed by atoms with Gasteiger partial charge in [-0.25, -0.2) is 4.99 Å². The van der Waals surface area contributed by atoms with Crippen molar-refractivity contribution >= 4 is 50.5 Å². The maximum atomic E-state index is 12.2. The van der Waals surface area contributed by atoms with E-state index in [9.17, 15) is 9.90 Å². The molecule has 1 saturated heterocycles. The van der Waals surface area contributed by atoms with Crippen LogP contribution in [0.25, 0.3) is 6.08 Å². The number of carbonyl (C=O) groups is 1. The number of aromatic hydroxyl groups is 1. The Kier molecular flexibility index (Phi) is 5.38. The summed E-state index contributed by atoms with van der Waals surface area (Å²) in [7, 11) is 1.48. The van der Waals surface area contributed by atoms with Crippen LogP contribution in [0.3, 0.4) is 0 Å². The fourth-order valence-corrected chi connectivity index (χ4v) is 3.90. The van der Waals surface area contributed by atoms with Gasteiger partial charge in [-0.05, 0) is 88.6 Å². The molecule has 0 spiro atoms. The monoisotopic (exact) mass is 432 g/mol. The van der Waals surface area contributed by atoms with E-state index in [-0.39, 0.29) is 11.7 Å². The van der Waals surface area contributed by atoms with Crippen molar-refractivity contribution in [3.63, 3.8) is 0 Å². The van der Waals surface area contributed by atoms with E-state index in [0.29, 0.717) is 20.3 Å². The van der Waals surface area contributed by atoms with Crippen molar-refractivity contribution in [2.45, 2.75) is 13.8 Å². The van der Waals surface area contributed by atoms with Gasteiger partial charge in [0.2, 0.25) is 0 Å². The molecule has 0 saturated carbocycles. The average molecular weight is 433 g/mol. The number of phenols is 1. The number of aliphatic imine (C=N–C) groups is 1. The Balaban J connectivity index is 1.89. The molecular weight excluding hydrogens is 416 g/mol. The molecule has 7 heteroatoms. The summed E-state index contributed by atoms with van der Waals surface area (Å²) in [5.41, 5.74) is 3.78. The quantitative estimate of drug-likeness (QED) is 0.691. The van der Waals surface area contributed by atoms with Gasteiger partial charge in [0.05, 0.1) is 22.2 Å². The fourth-order valence-electron chi connectivity index (χ4n) is 2.60. The first-order valence-corrected chi connectivity index (χ1v) is 9.41. The topological polar surface area (TPSA) is 70.9 Å². The van der Waals surface area contributed by atoms with E-state index in [2.05, 4.69) is 32.3 Å². The van der Waals surface area contributed by atoms with Gasteiger partial charge in [-0.1, -0.05) is 6.07 Å². The molecular formula is C19H17BrN2O3S. The summed E-state index contributed by atoms with van der Waals surface area (Å²) >= 11 is 4.56. The van der Waals surface area contributed by atoms with Crippen molar-refractivity contribution in [3.8, 4) is 11.5 Å². The van der Waals surface area contributed by atoms with E-state index in [0.717, 1.165) is 22.4 Å². The molecule has 2 aromatic rings. The lowest BCUT2D eigenvalue weighted by atomic mass is 10.1. The Hall–Kier alpha value is -2.25. The molecule has 2 aromatic carbocycles. The van der Waals surface area contributed by atoms with E-state index in [1.54, 1.807) is 18.2 Å². The molecule has 0 aromatic heterocycles. The predicted octanol–water partition coefficient (Wildman–Crippen LogP) is 4.67. The molecule has 0 bridgehead atoms. The lowest BCUT2D eigenvalue weighted by Gasteiger charge is -2.06. The van der Waals surface area contributed by atoms with Crippen LogP contribution in [0.1, 0.15) is 16.7 Å². The third-order valence-corrected chi connectivity index (χ3v) is 5.17. The highest BCUT2D eigenvalue weighted by Gasteiger charge is 2.24. The summed E-state index contributed by atoms with van der Waals surface area (Å²) in [6.45, 7) is 4.02. The fraction of sp³-hybridized carbons (Fsp3) is 0.158. The molecule has 1 amide bonds. The van der Waals surface area contributed by atoms with E-state index in [1.807, 2.05) is 26.0 Å². The molecule has 0 radical (unpaired) electrons. The van der Waals surface area contributed by atoms with Crippen LogP contribution in [-0.2, 0) is 4.79 Å². The van der Waals surface area contributed by atoms with Crippen LogP contribution in [-0.4, -0.2) is 23.3 Å². The zero-order chi connectivity index (χ0) is 18.8. The lowest BCUT2D eigenvalue weighted by molar-refractivity contribution is -0.115. The third-order valence-electron chi connectivity index (χ3n) is 3.66. The molecule has 1 aliphatic heterocycles. The van der Waals surface area contributed by atoms with Crippen LogP contribution in [0.4, 0.5) is 5.69 Å². The number of phenolic OH excluding ortho intramolecular Hbond substituents is 1. The minimum Gasteiger partial charge on any atom is -0.503 e. The number of ether oxygens (including phenoxy) is 1. The number of carbonyl (C=O) groups excluding carboxylic acids is 1. The maximum Gasteiger partial charge on any atom is 0.264 e. The summed E-state index contributed by atoms with van der Waals surface area (Å²) < 4.78 is 5.64. The number of hydrogen-bond donors (Lipinski definition) is 2. The second-order valence-corrected chi connectivity index (χ2v) is 7.77. The largest absolute Gasteiger partial charge is 0.503 e. The number of nitrogens with zero attached hydrogens (tertiary/aromatic N) is 1. The number of methoxy groups -OCH3 is 1. The van der Waals surface area contributed by atoms with Crippen molar-refractivity contribution in [1.82, 2.24) is 5.32 Å². The minimum atomic E-state index is -0.207. The molecule has 1 fully saturated rings. The SMILES string of the molecule is COc1cc(C=C2SC(=Nc3cc(C)cc(C)c3)NC2=O)cc(Br)c1O. The zero-order valence-corrected chi connectivity index (χ0v) is 16.9. The number of hydrogen-bond acceptors (Lipinski definition) is 5. The minimum absolute atomic E-state index is 0.0234. The van der Waals surface area contributed by atoms with Crippen LogP contribution in [0.5, 0.6) is 11.5 Å². The second-order valence-electron chi connectivity index (χ2n) is 5.88. The summed E-state index contributed by atoms with van der Waals surface area (Å²) in [5.74, 6) is 0.148. The van der Waals surface area contributed by atoms with Crippen LogP contribution >= 0.6 is 27.7 Å². The molecule has 1 aliphatic rings. The molecule has 2 N–H and O–H groups in total. The molecule has 0 unspecified atom stereocenters. The third kappa shape index (κ3) is 4.11. The van der Waals surface area contributed by atoms with Gasteiger partial charge in [-0.15, -0.1) is 0 Å². The summed E-state index contributed by atoms with van der Waals surface area (Å²) in [4.78, 5) is 17.3. The Bertz CT molecular complexity index is 934. The van der Waals surface area contributed by atoms with Crippen LogP contribution in [0, 0.1) is 13.8 Å². The smallest absolute Gasteiger partial charge is 0.264 e. The van der Waals surface area contributed by atoms with Gasteiger partial charge in [0.15, 0.2) is 16.7 Å². The summed E-state index contributed by atoms with van der Waals surface area (Å²) in [6, 6.07) is 9.40. The Morgan fingerprint density at radius 2 is 1.88 bits per heavy atom. The van der Waals surface area contributed by atoms with Crippen LogP contribution in [0.15, 0.2) is 44.7 Å². The van der Waals surface area contributed by atoms with Gasteiger partial charge in [-0.2, -0.15) is 0 Å². The van der Waals surface area contributed by atoms with E-state index >= 15 is 0 Å². The number of rotatable bonds is 3. The molecule has 1 heterocycles. The number of benzene rings is 2. The second kappa shape index (κ2) is 7.55. The normalized spacial score (nSPS) is 17.0. The van der Waals surface area contributed by atoms with E-state index < -0.39 is 0 Å². The summed E-state index contributed by atoms with van der Waals surface area (Å²) in [5, 5.41) is 13.2. The predicted molar refractivity (Wildman–Crippen MR) is 109 cm³/mol. The van der Waals surface area contributed by atoms with Gasteiger partial charge in [-0.3, -0.25) is 4.79 Å². The highest BCUT2D eigenvalue weighted by molar-refractivity contribution is 9.10. The average Bonchev–Trinajstić information content (AvgIpc) is 2.89.